The molecule has 1 atom stereocenters. The molecule has 3 N–H and O–H groups in total. The molecular weight excluding hydrogens is 258 g/mol. The van der Waals surface area contributed by atoms with Crippen molar-refractivity contribution in [3.63, 3.8) is 0 Å². The van der Waals surface area contributed by atoms with Gasteiger partial charge in [-0.15, -0.1) is 0 Å². The molecule has 20 heavy (non-hydrogen) atoms. The van der Waals surface area contributed by atoms with Crippen LogP contribution in [0.5, 0.6) is 0 Å². The van der Waals surface area contributed by atoms with Crippen molar-refractivity contribution in [1.82, 2.24) is 9.55 Å². The molecule has 0 bridgehead atoms. The molecule has 0 aliphatic rings. The minimum Gasteiger partial charge on any atom is -0.480 e. The average molecular weight is 273 g/mol. The summed E-state index contributed by atoms with van der Waals surface area (Å²) in [6.45, 7) is 0. The number of aromatic nitrogens is 2. The summed E-state index contributed by atoms with van der Waals surface area (Å²) in [5, 5.41) is 8.73. The van der Waals surface area contributed by atoms with E-state index in [0.717, 1.165) is 5.56 Å². The molecule has 104 valence electrons. The molecule has 0 saturated heterocycles. The van der Waals surface area contributed by atoms with Crippen molar-refractivity contribution < 1.29 is 14.7 Å². The lowest BCUT2D eigenvalue weighted by atomic mass is 10.1. The highest BCUT2D eigenvalue weighted by atomic mass is 16.4. The van der Waals surface area contributed by atoms with Crippen LogP contribution in [0.2, 0.25) is 0 Å². The van der Waals surface area contributed by atoms with Gasteiger partial charge in [-0.25, -0.2) is 4.98 Å². The minimum atomic E-state index is -1.09. The largest absolute Gasteiger partial charge is 0.480 e. The van der Waals surface area contributed by atoms with Crippen molar-refractivity contribution >= 4 is 11.9 Å². The molecule has 0 radical (unpaired) electrons. The Morgan fingerprint density at radius 1 is 1.30 bits per heavy atom. The fraction of sp³-hybridized carbons (Fsp3) is 0.214. The van der Waals surface area contributed by atoms with Gasteiger partial charge in [-0.1, -0.05) is 30.3 Å². The fourth-order valence-electron chi connectivity index (χ4n) is 1.78. The molecule has 2 aromatic rings. The second-order valence-electron chi connectivity index (χ2n) is 4.48. The van der Waals surface area contributed by atoms with Gasteiger partial charge in [0.05, 0.1) is 12.1 Å². The number of benzene rings is 1. The number of nitrogens with two attached hydrogens (primary N) is 1. The van der Waals surface area contributed by atoms with Crippen molar-refractivity contribution in [2.75, 3.05) is 0 Å². The first-order valence-corrected chi connectivity index (χ1v) is 6.14. The molecule has 6 heteroatoms. The van der Waals surface area contributed by atoms with E-state index in [1.807, 2.05) is 30.3 Å². The topological polar surface area (TPSA) is 98.2 Å². The van der Waals surface area contributed by atoms with Gasteiger partial charge in [0.25, 0.3) is 0 Å². The molecule has 0 spiro atoms. The summed E-state index contributed by atoms with van der Waals surface area (Å²) in [5.41, 5.74) is 6.82. The molecule has 6 nitrogen and oxygen atoms in total. The molecule has 1 aromatic heterocycles. The quantitative estimate of drug-likeness (QED) is 0.836. The molecular formula is C14H15N3O3. The molecule has 0 amide bonds. The van der Waals surface area contributed by atoms with Crippen LogP contribution in [0.25, 0.3) is 0 Å². The Kier molecular flexibility index (Phi) is 4.27. The molecule has 0 aliphatic carbocycles. The van der Waals surface area contributed by atoms with Gasteiger partial charge >= 0.3 is 5.97 Å². The number of rotatable bonds is 5. The first-order chi connectivity index (χ1) is 9.56. The van der Waals surface area contributed by atoms with Gasteiger partial charge in [0, 0.05) is 12.6 Å². The number of carbonyl (C=O) groups is 2. The molecule has 0 fully saturated rings. The van der Waals surface area contributed by atoms with E-state index in [4.69, 9.17) is 10.8 Å². The van der Waals surface area contributed by atoms with Crippen molar-refractivity contribution in [3.8, 4) is 0 Å². The third kappa shape index (κ3) is 3.52. The Hall–Kier alpha value is -2.47. The van der Waals surface area contributed by atoms with Gasteiger partial charge in [0.2, 0.25) is 5.91 Å². The second-order valence-corrected chi connectivity index (χ2v) is 4.48. The van der Waals surface area contributed by atoms with Gasteiger partial charge in [-0.3, -0.25) is 14.2 Å². The van der Waals surface area contributed by atoms with Crippen molar-refractivity contribution in [2.24, 2.45) is 5.73 Å². The van der Waals surface area contributed by atoms with Crippen LogP contribution in [0.15, 0.2) is 42.9 Å². The van der Waals surface area contributed by atoms with E-state index in [-0.39, 0.29) is 18.7 Å². The van der Waals surface area contributed by atoms with Crippen LogP contribution in [0.1, 0.15) is 16.1 Å². The van der Waals surface area contributed by atoms with Crippen LogP contribution >= 0.6 is 0 Å². The number of carboxylic acid groups (broad SMARTS) is 1. The van der Waals surface area contributed by atoms with Crippen molar-refractivity contribution in [2.45, 2.75) is 18.9 Å². The zero-order chi connectivity index (χ0) is 14.5. The third-order valence-corrected chi connectivity index (χ3v) is 2.87. The van der Waals surface area contributed by atoms with Gasteiger partial charge in [0.1, 0.15) is 12.4 Å². The van der Waals surface area contributed by atoms with E-state index in [2.05, 4.69) is 4.98 Å². The Morgan fingerprint density at radius 2 is 2.00 bits per heavy atom. The van der Waals surface area contributed by atoms with Crippen molar-refractivity contribution in [3.05, 3.63) is 54.1 Å². The lowest BCUT2D eigenvalue weighted by Crippen LogP contribution is -2.32. The lowest BCUT2D eigenvalue weighted by Gasteiger charge is -2.03. The zero-order valence-electron chi connectivity index (χ0n) is 10.8. The normalized spacial score (nSPS) is 12.1. The zero-order valence-corrected chi connectivity index (χ0v) is 10.8. The standard InChI is InChI=1S/C14H15N3O3/c15-12(14(19)20)7-11-8-17(9-16-11)13(18)6-10-4-2-1-3-5-10/h1-5,8-9,12H,6-7,15H2,(H,19,20)/t12-/m1/s1. The van der Waals surface area contributed by atoms with Crippen molar-refractivity contribution in [1.29, 1.82) is 0 Å². The smallest absolute Gasteiger partial charge is 0.320 e. The maximum absolute atomic E-state index is 12.0. The van der Waals surface area contributed by atoms with Gasteiger partial charge in [-0.2, -0.15) is 0 Å². The molecule has 1 heterocycles. The number of hydrogen-bond donors (Lipinski definition) is 2. The van der Waals surface area contributed by atoms with E-state index in [1.54, 1.807) is 0 Å². The van der Waals surface area contributed by atoms with E-state index >= 15 is 0 Å². The highest BCUT2D eigenvalue weighted by Gasteiger charge is 2.15. The molecule has 1 aromatic carbocycles. The third-order valence-electron chi connectivity index (χ3n) is 2.87. The van der Waals surface area contributed by atoms with Gasteiger partial charge < -0.3 is 10.8 Å². The summed E-state index contributed by atoms with van der Waals surface area (Å²) in [6.07, 6.45) is 3.27. The van der Waals surface area contributed by atoms with E-state index in [0.29, 0.717) is 5.69 Å². The maximum atomic E-state index is 12.0. The minimum absolute atomic E-state index is 0.0982. The number of carbonyl (C=O) groups excluding carboxylic acids is 1. The maximum Gasteiger partial charge on any atom is 0.320 e. The highest BCUT2D eigenvalue weighted by Crippen LogP contribution is 2.05. The Morgan fingerprint density at radius 3 is 2.65 bits per heavy atom. The van der Waals surface area contributed by atoms with Gasteiger partial charge in [-0.05, 0) is 5.56 Å². The number of hydrogen-bond acceptors (Lipinski definition) is 4. The first kappa shape index (κ1) is 14.0. The van der Waals surface area contributed by atoms with Crippen LogP contribution < -0.4 is 5.73 Å². The lowest BCUT2D eigenvalue weighted by molar-refractivity contribution is -0.138. The van der Waals surface area contributed by atoms with Crippen LogP contribution in [0.3, 0.4) is 0 Å². The predicted octanol–water partition coefficient (Wildman–Crippen LogP) is 0.720. The van der Waals surface area contributed by atoms with Crippen LogP contribution in [-0.2, 0) is 17.6 Å². The summed E-state index contributed by atoms with van der Waals surface area (Å²) in [6, 6.07) is 8.35. The summed E-state index contributed by atoms with van der Waals surface area (Å²) in [4.78, 5) is 26.7. The fourth-order valence-corrected chi connectivity index (χ4v) is 1.78. The SMILES string of the molecule is N[C@H](Cc1cn(C(=O)Cc2ccccc2)cn1)C(=O)O. The van der Waals surface area contributed by atoms with E-state index < -0.39 is 12.0 Å². The Bertz CT molecular complexity index is 607. The first-order valence-electron chi connectivity index (χ1n) is 6.14. The van der Waals surface area contributed by atoms with Gasteiger partial charge in [0.15, 0.2) is 0 Å². The number of imidazole rings is 1. The summed E-state index contributed by atoms with van der Waals surface area (Å²) < 4.78 is 1.36. The van der Waals surface area contributed by atoms with E-state index in [1.165, 1.54) is 17.1 Å². The van der Waals surface area contributed by atoms with Crippen LogP contribution in [0, 0.1) is 0 Å². The number of aliphatic carboxylic acids is 1. The number of carboxylic acids is 1. The molecule has 0 unspecified atom stereocenters. The number of nitrogens with zero attached hydrogens (tertiary/aromatic N) is 2. The molecule has 0 saturated carbocycles. The Balaban J connectivity index is 2.01. The molecule has 0 aliphatic heterocycles. The van der Waals surface area contributed by atoms with E-state index in [9.17, 15) is 9.59 Å². The van der Waals surface area contributed by atoms with Crippen LogP contribution in [-0.4, -0.2) is 32.6 Å². The second kappa shape index (κ2) is 6.12. The van der Waals surface area contributed by atoms with Crippen LogP contribution in [0.4, 0.5) is 0 Å². The Labute approximate surface area is 115 Å². The molecule has 2 rings (SSSR count). The highest BCUT2D eigenvalue weighted by molar-refractivity contribution is 5.81. The summed E-state index contributed by atoms with van der Waals surface area (Å²) >= 11 is 0. The predicted molar refractivity (Wildman–Crippen MR) is 72.3 cm³/mol. The monoisotopic (exact) mass is 273 g/mol. The summed E-state index contributed by atoms with van der Waals surface area (Å²) in [7, 11) is 0. The summed E-state index contributed by atoms with van der Waals surface area (Å²) in [5.74, 6) is -1.21. The average Bonchev–Trinajstić information content (AvgIpc) is 2.88.